The predicted octanol–water partition coefficient (Wildman–Crippen LogP) is 8.43. The van der Waals surface area contributed by atoms with Gasteiger partial charge in [-0.15, -0.1) is 9.24 Å². The fourth-order valence-electron chi connectivity index (χ4n) is 5.71. The highest BCUT2D eigenvalue weighted by Crippen LogP contribution is 2.56. The molecule has 2 aromatic rings. The van der Waals surface area contributed by atoms with Gasteiger partial charge < -0.3 is 4.79 Å². The number of aldehydes is 1. The van der Waals surface area contributed by atoms with E-state index in [1.165, 1.54) is 12.1 Å². The predicted molar refractivity (Wildman–Crippen MR) is 158 cm³/mol. The van der Waals surface area contributed by atoms with E-state index in [0.29, 0.717) is 25.0 Å². The number of sulfone groups is 1. The van der Waals surface area contributed by atoms with Gasteiger partial charge in [-0.3, -0.25) is 0 Å². The molecular formula is C31H37F7NO3PS. The standard InChI is InChI=1S/C24H26F7O2PS.C5H5NO.C2H6/c1-3-5-16-7-6-15-14-17(22(25,23(26,27)28)24(29,30)31)8-13-20(15)21(16,4-2)35(32,33)19-11-9-18(34)10-12-19;6-3-5(4-7)1-2-5;1-2/h8-14,16H,3-7,34H2,1-2H3;4H,1-2H2;1-2H3. The average molecular weight is 668 g/mol. The molecular weight excluding hydrogens is 630 g/mol. The molecule has 2 aromatic carbocycles. The molecule has 244 valence electrons. The van der Waals surface area contributed by atoms with E-state index in [4.69, 9.17) is 5.26 Å². The fraction of sp³-hybridized carbons (Fsp3) is 0.548. The molecule has 0 saturated heterocycles. The van der Waals surface area contributed by atoms with Crippen molar-refractivity contribution in [3.05, 3.63) is 59.2 Å². The molecule has 0 bridgehead atoms. The second-order valence-electron chi connectivity index (χ2n) is 10.8. The number of fused-ring (bicyclic) bond motifs is 1. The molecule has 2 aliphatic rings. The number of hydrogen-bond donors (Lipinski definition) is 0. The molecule has 0 amide bonds. The Bertz CT molecular complexity index is 1430. The van der Waals surface area contributed by atoms with Crippen LogP contribution in [0.5, 0.6) is 0 Å². The van der Waals surface area contributed by atoms with Crippen LogP contribution in [0.2, 0.25) is 0 Å². The summed E-state index contributed by atoms with van der Waals surface area (Å²) < 4.78 is 121. The molecule has 0 N–H and O–H groups in total. The molecule has 44 heavy (non-hydrogen) atoms. The monoisotopic (exact) mass is 667 g/mol. The molecule has 0 aromatic heterocycles. The van der Waals surface area contributed by atoms with Crippen LogP contribution in [0.25, 0.3) is 0 Å². The van der Waals surface area contributed by atoms with Gasteiger partial charge in [0.1, 0.15) is 16.4 Å². The average Bonchev–Trinajstić information content (AvgIpc) is 3.78. The number of rotatable bonds is 7. The number of nitriles is 1. The maximum Gasteiger partial charge on any atom is 0.435 e. The Labute approximate surface area is 256 Å². The van der Waals surface area contributed by atoms with Crippen LogP contribution in [-0.2, 0) is 31.5 Å². The Morgan fingerprint density at radius 1 is 0.977 bits per heavy atom. The van der Waals surface area contributed by atoms with E-state index >= 15 is 0 Å². The highest BCUT2D eigenvalue weighted by molar-refractivity contribution is 7.92. The van der Waals surface area contributed by atoms with Crippen molar-refractivity contribution in [1.82, 2.24) is 0 Å². The lowest BCUT2D eigenvalue weighted by atomic mass is 9.70. The molecule has 4 nitrogen and oxygen atoms in total. The van der Waals surface area contributed by atoms with Gasteiger partial charge in [0.05, 0.1) is 11.0 Å². The summed E-state index contributed by atoms with van der Waals surface area (Å²) >= 11 is 0. The molecule has 13 heteroatoms. The van der Waals surface area contributed by atoms with E-state index in [9.17, 15) is 43.9 Å². The molecule has 0 aliphatic heterocycles. The normalized spacial score (nSPS) is 20.9. The molecule has 1 fully saturated rings. The van der Waals surface area contributed by atoms with Gasteiger partial charge in [0.2, 0.25) is 0 Å². The highest BCUT2D eigenvalue weighted by Gasteiger charge is 2.73. The summed E-state index contributed by atoms with van der Waals surface area (Å²) in [6.45, 7) is 7.51. The van der Waals surface area contributed by atoms with Gasteiger partial charge in [-0.1, -0.05) is 64.4 Å². The summed E-state index contributed by atoms with van der Waals surface area (Å²) in [7, 11) is -1.69. The summed E-state index contributed by atoms with van der Waals surface area (Å²) in [4.78, 5) is 9.91. The zero-order valence-electron chi connectivity index (χ0n) is 24.9. The van der Waals surface area contributed by atoms with Crippen molar-refractivity contribution in [2.75, 3.05) is 0 Å². The Morgan fingerprint density at radius 2 is 1.52 bits per heavy atom. The van der Waals surface area contributed by atoms with E-state index in [-0.39, 0.29) is 35.3 Å². The first-order valence-electron chi connectivity index (χ1n) is 14.3. The van der Waals surface area contributed by atoms with Crippen molar-refractivity contribution < 1.29 is 43.9 Å². The van der Waals surface area contributed by atoms with Crippen LogP contribution in [0, 0.1) is 22.7 Å². The highest BCUT2D eigenvalue weighted by atomic mass is 32.2. The Kier molecular flexibility index (Phi) is 11.9. The van der Waals surface area contributed by atoms with Crippen LogP contribution in [0.15, 0.2) is 47.4 Å². The molecule has 4 rings (SSSR count). The molecule has 0 heterocycles. The summed E-state index contributed by atoms with van der Waals surface area (Å²) in [6, 6.07) is 9.90. The van der Waals surface area contributed by atoms with E-state index in [0.717, 1.165) is 30.5 Å². The van der Waals surface area contributed by atoms with E-state index in [1.807, 2.05) is 26.8 Å². The number of alkyl halides is 7. The van der Waals surface area contributed by atoms with Crippen molar-refractivity contribution in [3.8, 4) is 6.07 Å². The van der Waals surface area contributed by atoms with Crippen LogP contribution in [0.1, 0.15) is 82.9 Å². The molecule has 0 radical (unpaired) electrons. The Hall–Kier alpha value is -2.51. The van der Waals surface area contributed by atoms with Crippen LogP contribution in [0.3, 0.4) is 0 Å². The summed E-state index contributed by atoms with van der Waals surface area (Å²) in [5, 5.41) is 8.92. The zero-order chi connectivity index (χ0) is 33.8. The van der Waals surface area contributed by atoms with E-state index in [1.54, 1.807) is 19.1 Å². The lowest BCUT2D eigenvalue weighted by molar-refractivity contribution is -0.348. The SMILES string of the molecule is CC.CCCC1CCc2cc(C(F)(C(F)(F)F)C(F)(F)F)ccc2C1(CC)S(=O)(=O)c1ccc(P)cc1.N#CC1(C=O)CC1. The van der Waals surface area contributed by atoms with Gasteiger partial charge in [0.25, 0.3) is 0 Å². The zero-order valence-corrected chi connectivity index (χ0v) is 26.9. The van der Waals surface area contributed by atoms with Crippen LogP contribution in [-0.4, -0.2) is 27.1 Å². The third-order valence-corrected chi connectivity index (χ3v) is 11.3. The third kappa shape index (κ3) is 6.69. The van der Waals surface area contributed by atoms with Gasteiger partial charge >= 0.3 is 18.0 Å². The lowest BCUT2D eigenvalue weighted by Gasteiger charge is -2.45. The number of aryl methyl sites for hydroxylation is 1. The summed E-state index contributed by atoms with van der Waals surface area (Å²) in [6.07, 6.45) is -8.75. The van der Waals surface area contributed by atoms with E-state index < -0.39 is 49.5 Å². The quantitative estimate of drug-likeness (QED) is 0.169. The van der Waals surface area contributed by atoms with Crippen molar-refractivity contribution in [2.24, 2.45) is 11.3 Å². The van der Waals surface area contributed by atoms with Crippen LogP contribution < -0.4 is 5.30 Å². The molecule has 2 aliphatic carbocycles. The van der Waals surface area contributed by atoms with Gasteiger partial charge in [-0.25, -0.2) is 12.8 Å². The molecule has 0 spiro atoms. The second kappa shape index (κ2) is 13.9. The number of carbonyl (C=O) groups is 1. The number of carbonyl (C=O) groups excluding carboxylic acids is 1. The summed E-state index contributed by atoms with van der Waals surface area (Å²) in [5.74, 6) is -0.420. The van der Waals surface area contributed by atoms with Gasteiger partial charge in [-0.2, -0.15) is 31.6 Å². The van der Waals surface area contributed by atoms with Gasteiger partial charge in [-0.05, 0) is 73.0 Å². The number of nitrogens with zero attached hydrogens (tertiary/aromatic N) is 1. The van der Waals surface area contributed by atoms with Crippen LogP contribution >= 0.6 is 9.24 Å². The van der Waals surface area contributed by atoms with Gasteiger partial charge in [0.15, 0.2) is 9.84 Å². The lowest BCUT2D eigenvalue weighted by Crippen LogP contribution is -2.51. The Morgan fingerprint density at radius 3 is 1.91 bits per heavy atom. The van der Waals surface area contributed by atoms with Gasteiger partial charge in [0, 0.05) is 5.56 Å². The number of halogens is 7. The second-order valence-corrected chi connectivity index (χ2v) is 13.6. The molecule has 3 atom stereocenters. The minimum atomic E-state index is -6.24. The smallest absolute Gasteiger partial charge is 0.302 e. The van der Waals surface area contributed by atoms with Crippen molar-refractivity contribution >= 4 is 30.7 Å². The number of benzene rings is 2. The van der Waals surface area contributed by atoms with Crippen molar-refractivity contribution in [3.63, 3.8) is 0 Å². The van der Waals surface area contributed by atoms with E-state index in [2.05, 4.69) is 9.24 Å². The first-order chi connectivity index (χ1) is 20.4. The minimum absolute atomic E-state index is 0.00833. The minimum Gasteiger partial charge on any atom is -0.302 e. The topological polar surface area (TPSA) is 75.0 Å². The maximum atomic E-state index is 14.7. The number of hydrogen-bond acceptors (Lipinski definition) is 4. The molecule has 3 unspecified atom stereocenters. The maximum absolute atomic E-state index is 14.7. The van der Waals surface area contributed by atoms with Crippen molar-refractivity contribution in [2.45, 2.75) is 100 Å². The van der Waals surface area contributed by atoms with Crippen molar-refractivity contribution in [1.29, 1.82) is 5.26 Å². The molecule has 1 saturated carbocycles. The summed E-state index contributed by atoms with van der Waals surface area (Å²) in [5.41, 5.74) is -7.59. The fourth-order valence-corrected chi connectivity index (χ4v) is 8.36. The first-order valence-corrected chi connectivity index (χ1v) is 16.4. The van der Waals surface area contributed by atoms with Crippen LogP contribution in [0.4, 0.5) is 30.7 Å². The third-order valence-electron chi connectivity index (χ3n) is 8.23. The largest absolute Gasteiger partial charge is 0.435 e. The first kappa shape index (κ1) is 37.7. The Balaban J connectivity index is 0.000000649.